The summed E-state index contributed by atoms with van der Waals surface area (Å²) >= 11 is 6.28. The summed E-state index contributed by atoms with van der Waals surface area (Å²) in [6, 6.07) is 20.6. The molecule has 4 rings (SSSR count). The third kappa shape index (κ3) is 3.92. The standard InChI is InChI=1S/C25H23ClN2O3S/c1-3-15-27(24-14-7-5-12-22(24)26)32(30,31)21-11-8-10-20(17-21)25(29)28-18(2)16-19-9-4-6-13-23(19)28/h3-14,17-18H,1,15-16H2,2H3. The topological polar surface area (TPSA) is 57.7 Å². The SMILES string of the molecule is C=CCN(c1ccccc1Cl)S(=O)(=O)c1cccc(C(=O)N2c3ccccc3CC2C)c1. The fourth-order valence-corrected chi connectivity index (χ4v) is 5.82. The number of para-hydroxylation sites is 2. The smallest absolute Gasteiger partial charge is 0.264 e. The van der Waals surface area contributed by atoms with E-state index in [1.165, 1.54) is 22.5 Å². The number of halogens is 1. The van der Waals surface area contributed by atoms with Crippen molar-refractivity contribution in [1.29, 1.82) is 0 Å². The Morgan fingerprint density at radius 3 is 2.59 bits per heavy atom. The number of benzene rings is 3. The molecule has 0 saturated heterocycles. The molecule has 0 N–H and O–H groups in total. The maximum absolute atomic E-state index is 13.5. The molecule has 0 spiro atoms. The van der Waals surface area contributed by atoms with Crippen molar-refractivity contribution in [2.75, 3.05) is 15.7 Å². The summed E-state index contributed by atoms with van der Waals surface area (Å²) in [6.07, 6.45) is 2.26. The Hall–Kier alpha value is -3.09. The number of sulfonamides is 1. The van der Waals surface area contributed by atoms with Crippen LogP contribution in [0.25, 0.3) is 0 Å². The van der Waals surface area contributed by atoms with E-state index in [1.807, 2.05) is 31.2 Å². The van der Waals surface area contributed by atoms with Gasteiger partial charge in [-0.25, -0.2) is 8.42 Å². The second-order valence-electron chi connectivity index (χ2n) is 7.66. The third-order valence-electron chi connectivity index (χ3n) is 5.51. The first-order chi connectivity index (χ1) is 15.3. The van der Waals surface area contributed by atoms with Crippen molar-refractivity contribution in [1.82, 2.24) is 0 Å². The van der Waals surface area contributed by atoms with Gasteiger partial charge in [-0.3, -0.25) is 9.10 Å². The van der Waals surface area contributed by atoms with Gasteiger partial charge in [-0.05, 0) is 55.3 Å². The van der Waals surface area contributed by atoms with E-state index in [9.17, 15) is 13.2 Å². The fraction of sp³-hybridized carbons (Fsp3) is 0.160. The number of amides is 1. The van der Waals surface area contributed by atoms with Crippen LogP contribution in [0.2, 0.25) is 5.02 Å². The van der Waals surface area contributed by atoms with Gasteiger partial charge in [-0.1, -0.05) is 54.1 Å². The number of anilines is 2. The van der Waals surface area contributed by atoms with Crippen molar-refractivity contribution in [3.8, 4) is 0 Å². The van der Waals surface area contributed by atoms with E-state index < -0.39 is 10.0 Å². The molecule has 0 bridgehead atoms. The number of hydrogen-bond acceptors (Lipinski definition) is 3. The first kappa shape index (κ1) is 22.1. The summed E-state index contributed by atoms with van der Waals surface area (Å²) < 4.78 is 28.3. The highest BCUT2D eigenvalue weighted by molar-refractivity contribution is 7.92. The van der Waals surface area contributed by atoms with Crippen LogP contribution in [-0.4, -0.2) is 26.9 Å². The lowest BCUT2D eigenvalue weighted by atomic mass is 10.1. The van der Waals surface area contributed by atoms with Crippen molar-refractivity contribution >= 4 is 38.9 Å². The molecule has 0 saturated carbocycles. The maximum Gasteiger partial charge on any atom is 0.264 e. The molecule has 1 atom stereocenters. The molecule has 32 heavy (non-hydrogen) atoms. The second-order valence-corrected chi connectivity index (χ2v) is 9.93. The number of nitrogens with zero attached hydrogens (tertiary/aromatic N) is 2. The zero-order valence-electron chi connectivity index (χ0n) is 17.6. The van der Waals surface area contributed by atoms with E-state index in [0.717, 1.165) is 17.7 Å². The van der Waals surface area contributed by atoms with Crippen molar-refractivity contribution in [3.05, 3.63) is 102 Å². The summed E-state index contributed by atoms with van der Waals surface area (Å²) in [6.45, 7) is 5.71. The highest BCUT2D eigenvalue weighted by Crippen LogP contribution is 2.34. The third-order valence-corrected chi connectivity index (χ3v) is 7.61. The van der Waals surface area contributed by atoms with Gasteiger partial charge >= 0.3 is 0 Å². The molecule has 0 aliphatic carbocycles. The summed E-state index contributed by atoms with van der Waals surface area (Å²) in [7, 11) is -3.99. The summed E-state index contributed by atoms with van der Waals surface area (Å²) in [5, 5.41) is 0.313. The zero-order valence-corrected chi connectivity index (χ0v) is 19.2. The Morgan fingerprint density at radius 2 is 1.84 bits per heavy atom. The van der Waals surface area contributed by atoms with Gasteiger partial charge in [0, 0.05) is 17.3 Å². The molecule has 1 aliphatic heterocycles. The number of hydrogen-bond donors (Lipinski definition) is 0. The highest BCUT2D eigenvalue weighted by atomic mass is 35.5. The van der Waals surface area contributed by atoms with Crippen LogP contribution in [0.15, 0.2) is 90.3 Å². The largest absolute Gasteiger partial charge is 0.305 e. The Kier molecular flexibility index (Phi) is 6.09. The first-order valence-electron chi connectivity index (χ1n) is 10.2. The van der Waals surface area contributed by atoms with Crippen LogP contribution >= 0.6 is 11.6 Å². The monoisotopic (exact) mass is 466 g/mol. The quantitative estimate of drug-likeness (QED) is 0.462. The van der Waals surface area contributed by atoms with Gasteiger partial charge in [0.2, 0.25) is 0 Å². The van der Waals surface area contributed by atoms with Gasteiger partial charge in [0.25, 0.3) is 15.9 Å². The van der Waals surface area contributed by atoms with Gasteiger partial charge < -0.3 is 4.90 Å². The molecule has 3 aromatic rings. The molecule has 5 nitrogen and oxygen atoms in total. The molecular weight excluding hydrogens is 444 g/mol. The molecule has 1 aliphatic rings. The molecular formula is C25H23ClN2O3S. The van der Waals surface area contributed by atoms with Crippen LogP contribution in [0.1, 0.15) is 22.8 Å². The normalized spacial score (nSPS) is 15.3. The van der Waals surface area contributed by atoms with Gasteiger partial charge in [-0.2, -0.15) is 0 Å². The molecule has 0 fully saturated rings. The van der Waals surface area contributed by atoms with E-state index in [-0.39, 0.29) is 23.4 Å². The van der Waals surface area contributed by atoms with Crippen molar-refractivity contribution < 1.29 is 13.2 Å². The average Bonchev–Trinajstić information content (AvgIpc) is 3.13. The zero-order chi connectivity index (χ0) is 22.9. The van der Waals surface area contributed by atoms with Gasteiger partial charge in [-0.15, -0.1) is 6.58 Å². The van der Waals surface area contributed by atoms with E-state index >= 15 is 0 Å². The predicted octanol–water partition coefficient (Wildman–Crippen LogP) is 5.31. The molecule has 1 heterocycles. The molecule has 0 radical (unpaired) electrons. The fourth-order valence-electron chi connectivity index (χ4n) is 4.03. The lowest BCUT2D eigenvalue weighted by Gasteiger charge is -2.25. The van der Waals surface area contributed by atoms with E-state index in [0.29, 0.717) is 16.3 Å². The minimum Gasteiger partial charge on any atom is -0.305 e. The lowest BCUT2D eigenvalue weighted by Crippen LogP contribution is -2.36. The van der Waals surface area contributed by atoms with Crippen LogP contribution in [0, 0.1) is 0 Å². The van der Waals surface area contributed by atoms with Crippen LogP contribution in [-0.2, 0) is 16.4 Å². The molecule has 1 amide bonds. The summed E-state index contributed by atoms with van der Waals surface area (Å²) in [5.41, 5.74) is 2.64. The Balaban J connectivity index is 1.73. The molecule has 1 unspecified atom stereocenters. The Bertz CT molecular complexity index is 1290. The second kappa shape index (κ2) is 8.81. The van der Waals surface area contributed by atoms with Crippen LogP contribution in [0.3, 0.4) is 0 Å². The highest BCUT2D eigenvalue weighted by Gasteiger charge is 2.32. The van der Waals surface area contributed by atoms with Crippen LogP contribution in [0.5, 0.6) is 0 Å². The van der Waals surface area contributed by atoms with Gasteiger partial charge in [0.1, 0.15) is 0 Å². The summed E-state index contributed by atoms with van der Waals surface area (Å²) in [5.74, 6) is -0.229. The van der Waals surface area contributed by atoms with Crippen molar-refractivity contribution in [3.63, 3.8) is 0 Å². The van der Waals surface area contributed by atoms with E-state index in [1.54, 1.807) is 41.3 Å². The average molecular weight is 467 g/mol. The minimum absolute atomic E-state index is 0.0134. The Morgan fingerprint density at radius 1 is 1.12 bits per heavy atom. The number of fused-ring (bicyclic) bond motifs is 1. The summed E-state index contributed by atoms with van der Waals surface area (Å²) in [4.78, 5) is 15.2. The van der Waals surface area contributed by atoms with Crippen molar-refractivity contribution in [2.24, 2.45) is 0 Å². The number of rotatable bonds is 6. The minimum atomic E-state index is -3.99. The number of carbonyl (C=O) groups excluding carboxylic acids is 1. The lowest BCUT2D eigenvalue weighted by molar-refractivity contribution is 0.0981. The Labute approximate surface area is 193 Å². The number of carbonyl (C=O) groups is 1. The maximum atomic E-state index is 13.5. The predicted molar refractivity (Wildman–Crippen MR) is 129 cm³/mol. The molecule has 164 valence electrons. The molecule has 3 aromatic carbocycles. The van der Waals surface area contributed by atoms with Gasteiger partial charge in [0.05, 0.1) is 22.2 Å². The molecule has 7 heteroatoms. The van der Waals surface area contributed by atoms with E-state index in [2.05, 4.69) is 6.58 Å². The molecule has 0 aromatic heterocycles. The van der Waals surface area contributed by atoms with Crippen molar-refractivity contribution in [2.45, 2.75) is 24.3 Å². The van der Waals surface area contributed by atoms with Gasteiger partial charge in [0.15, 0.2) is 0 Å². The van der Waals surface area contributed by atoms with E-state index in [4.69, 9.17) is 11.6 Å². The van der Waals surface area contributed by atoms with Crippen LogP contribution < -0.4 is 9.21 Å². The first-order valence-corrected chi connectivity index (χ1v) is 12.1. The van der Waals surface area contributed by atoms with Crippen LogP contribution in [0.4, 0.5) is 11.4 Å².